The Morgan fingerprint density at radius 1 is 1.19 bits per heavy atom. The minimum atomic E-state index is -0.00585. The monoisotopic (exact) mass is 476 g/mol. The summed E-state index contributed by atoms with van der Waals surface area (Å²) in [7, 11) is 3.50. The highest BCUT2D eigenvalue weighted by molar-refractivity contribution is 14.0. The zero-order chi connectivity index (χ0) is 18.1. The van der Waals surface area contributed by atoms with Gasteiger partial charge in [-0.1, -0.05) is 26.0 Å². The first kappa shape index (κ1) is 23.0. The normalized spacial score (nSPS) is 15.9. The van der Waals surface area contributed by atoms with Gasteiger partial charge in [0.05, 0.1) is 20.3 Å². The average Bonchev–Trinajstić information content (AvgIpc) is 2.65. The molecule has 0 amide bonds. The SMILES string of the molecule is CN=C(NCCN1CCOCC1)NCC(C)(C)c1ccc(OC)cc1.I. The van der Waals surface area contributed by atoms with Gasteiger partial charge in [0.15, 0.2) is 5.96 Å². The molecular formula is C19H33IN4O2. The molecule has 1 heterocycles. The number of aliphatic imine (C=N–C) groups is 1. The first-order valence-corrected chi connectivity index (χ1v) is 8.94. The zero-order valence-corrected chi connectivity index (χ0v) is 18.7. The van der Waals surface area contributed by atoms with Crippen LogP contribution in [0.15, 0.2) is 29.3 Å². The van der Waals surface area contributed by atoms with Crippen molar-refractivity contribution in [3.05, 3.63) is 29.8 Å². The summed E-state index contributed by atoms with van der Waals surface area (Å²) in [5.74, 6) is 1.72. The van der Waals surface area contributed by atoms with E-state index < -0.39 is 0 Å². The maximum atomic E-state index is 5.37. The molecule has 7 heteroatoms. The Labute approximate surface area is 174 Å². The Morgan fingerprint density at radius 3 is 2.42 bits per heavy atom. The standard InChI is InChI=1S/C19H32N4O2.HI/c1-19(2,16-5-7-17(24-4)8-6-16)15-22-18(20-3)21-9-10-23-11-13-25-14-12-23;/h5-8H,9-15H2,1-4H3,(H2,20,21,22);1H. The smallest absolute Gasteiger partial charge is 0.191 e. The molecule has 1 aromatic rings. The van der Waals surface area contributed by atoms with E-state index in [1.54, 1.807) is 7.11 Å². The first-order valence-electron chi connectivity index (χ1n) is 8.94. The zero-order valence-electron chi connectivity index (χ0n) is 16.4. The molecule has 148 valence electrons. The molecule has 1 fully saturated rings. The highest BCUT2D eigenvalue weighted by Crippen LogP contribution is 2.24. The van der Waals surface area contributed by atoms with Gasteiger partial charge >= 0.3 is 0 Å². The lowest BCUT2D eigenvalue weighted by molar-refractivity contribution is 0.0389. The fourth-order valence-electron chi connectivity index (χ4n) is 2.83. The predicted molar refractivity (Wildman–Crippen MR) is 118 cm³/mol. The number of hydrogen-bond donors (Lipinski definition) is 2. The molecule has 1 aliphatic heterocycles. The molecule has 26 heavy (non-hydrogen) atoms. The van der Waals surface area contributed by atoms with Crippen LogP contribution in [-0.4, -0.2) is 71.0 Å². The summed E-state index contributed by atoms with van der Waals surface area (Å²) in [6, 6.07) is 8.25. The third kappa shape index (κ3) is 7.28. The third-order valence-electron chi connectivity index (χ3n) is 4.62. The number of nitrogens with zero attached hydrogens (tertiary/aromatic N) is 2. The van der Waals surface area contributed by atoms with Crippen molar-refractivity contribution in [2.45, 2.75) is 19.3 Å². The van der Waals surface area contributed by atoms with Gasteiger partial charge in [0, 0.05) is 45.2 Å². The molecule has 0 unspecified atom stereocenters. The molecule has 1 aromatic carbocycles. The minimum Gasteiger partial charge on any atom is -0.497 e. The van der Waals surface area contributed by atoms with Crippen molar-refractivity contribution in [2.75, 3.05) is 60.1 Å². The minimum absolute atomic E-state index is 0. The molecule has 1 saturated heterocycles. The van der Waals surface area contributed by atoms with E-state index >= 15 is 0 Å². The fraction of sp³-hybridized carbons (Fsp3) is 0.632. The van der Waals surface area contributed by atoms with E-state index in [1.807, 2.05) is 19.2 Å². The Bertz CT molecular complexity index is 543. The van der Waals surface area contributed by atoms with Gasteiger partial charge in [-0.3, -0.25) is 9.89 Å². The Hall–Kier alpha value is -1.06. The number of nitrogens with one attached hydrogen (secondary N) is 2. The van der Waals surface area contributed by atoms with Crippen LogP contribution in [0.2, 0.25) is 0 Å². The summed E-state index contributed by atoms with van der Waals surface area (Å²) in [4.78, 5) is 6.73. The lowest BCUT2D eigenvalue weighted by atomic mass is 9.84. The second-order valence-electron chi connectivity index (χ2n) is 6.92. The fourth-order valence-corrected chi connectivity index (χ4v) is 2.83. The van der Waals surface area contributed by atoms with Crippen molar-refractivity contribution in [1.29, 1.82) is 0 Å². The van der Waals surface area contributed by atoms with Crippen molar-refractivity contribution in [2.24, 2.45) is 4.99 Å². The van der Waals surface area contributed by atoms with Crippen molar-refractivity contribution in [3.8, 4) is 5.75 Å². The Morgan fingerprint density at radius 2 is 1.85 bits per heavy atom. The number of rotatable bonds is 7. The van der Waals surface area contributed by atoms with Gasteiger partial charge in [-0.2, -0.15) is 0 Å². The van der Waals surface area contributed by atoms with Gasteiger partial charge in [0.25, 0.3) is 0 Å². The molecule has 2 rings (SSSR count). The van der Waals surface area contributed by atoms with Crippen LogP contribution in [0.4, 0.5) is 0 Å². The second kappa shape index (κ2) is 11.6. The van der Waals surface area contributed by atoms with E-state index in [-0.39, 0.29) is 29.4 Å². The lowest BCUT2D eigenvalue weighted by Crippen LogP contribution is -2.46. The van der Waals surface area contributed by atoms with Crippen LogP contribution in [0.5, 0.6) is 5.75 Å². The lowest BCUT2D eigenvalue weighted by Gasteiger charge is -2.28. The van der Waals surface area contributed by atoms with E-state index in [4.69, 9.17) is 9.47 Å². The third-order valence-corrected chi connectivity index (χ3v) is 4.62. The molecule has 0 bridgehead atoms. The van der Waals surface area contributed by atoms with E-state index in [1.165, 1.54) is 5.56 Å². The number of methoxy groups -OCH3 is 1. The van der Waals surface area contributed by atoms with Crippen molar-refractivity contribution in [3.63, 3.8) is 0 Å². The molecule has 0 aliphatic carbocycles. The van der Waals surface area contributed by atoms with Crippen molar-refractivity contribution >= 4 is 29.9 Å². The van der Waals surface area contributed by atoms with Crippen LogP contribution < -0.4 is 15.4 Å². The molecule has 0 atom stereocenters. The maximum absolute atomic E-state index is 5.37. The number of halogens is 1. The number of ether oxygens (including phenoxy) is 2. The molecule has 0 radical (unpaired) electrons. The molecular weight excluding hydrogens is 443 g/mol. The van der Waals surface area contributed by atoms with Crippen LogP contribution in [0.3, 0.4) is 0 Å². The number of morpholine rings is 1. The Balaban J connectivity index is 0.00000338. The van der Waals surface area contributed by atoms with Gasteiger partial charge in [-0.15, -0.1) is 24.0 Å². The largest absolute Gasteiger partial charge is 0.497 e. The summed E-state index contributed by atoms with van der Waals surface area (Å²) in [6.45, 7) is 10.8. The van der Waals surface area contributed by atoms with E-state index in [0.29, 0.717) is 0 Å². The summed E-state index contributed by atoms with van der Waals surface area (Å²) >= 11 is 0. The number of guanidine groups is 1. The van der Waals surface area contributed by atoms with Crippen LogP contribution in [0.1, 0.15) is 19.4 Å². The van der Waals surface area contributed by atoms with Crippen LogP contribution in [0, 0.1) is 0 Å². The van der Waals surface area contributed by atoms with E-state index in [2.05, 4.69) is 46.5 Å². The van der Waals surface area contributed by atoms with Gasteiger partial charge in [-0.25, -0.2) is 0 Å². The molecule has 0 aromatic heterocycles. The average molecular weight is 476 g/mol. The summed E-state index contributed by atoms with van der Waals surface area (Å²) in [5, 5.41) is 6.83. The van der Waals surface area contributed by atoms with Gasteiger partial charge in [0.2, 0.25) is 0 Å². The molecule has 1 aliphatic rings. The molecule has 6 nitrogen and oxygen atoms in total. The van der Waals surface area contributed by atoms with Gasteiger partial charge in [-0.05, 0) is 17.7 Å². The number of benzene rings is 1. The van der Waals surface area contributed by atoms with Crippen molar-refractivity contribution < 1.29 is 9.47 Å². The summed E-state index contributed by atoms with van der Waals surface area (Å²) < 4.78 is 10.6. The second-order valence-corrected chi connectivity index (χ2v) is 6.92. The highest BCUT2D eigenvalue weighted by Gasteiger charge is 2.21. The Kier molecular flexibility index (Phi) is 10.3. The summed E-state index contributed by atoms with van der Waals surface area (Å²) in [6.07, 6.45) is 0. The van der Waals surface area contributed by atoms with E-state index in [0.717, 1.165) is 57.6 Å². The maximum Gasteiger partial charge on any atom is 0.191 e. The quantitative estimate of drug-likeness (QED) is 0.359. The molecule has 0 spiro atoms. The molecule has 2 N–H and O–H groups in total. The van der Waals surface area contributed by atoms with E-state index in [9.17, 15) is 0 Å². The summed E-state index contributed by atoms with van der Waals surface area (Å²) in [5.41, 5.74) is 1.26. The highest BCUT2D eigenvalue weighted by atomic mass is 127. The van der Waals surface area contributed by atoms with Crippen molar-refractivity contribution in [1.82, 2.24) is 15.5 Å². The number of hydrogen-bond acceptors (Lipinski definition) is 4. The first-order chi connectivity index (χ1) is 12.0. The van der Waals surface area contributed by atoms with Crippen LogP contribution >= 0.6 is 24.0 Å². The predicted octanol–water partition coefficient (Wildman–Crippen LogP) is 2.09. The topological polar surface area (TPSA) is 58.1 Å². The van der Waals surface area contributed by atoms with Gasteiger partial charge in [0.1, 0.15) is 5.75 Å². The molecule has 0 saturated carbocycles. The van der Waals surface area contributed by atoms with Crippen LogP contribution in [0.25, 0.3) is 0 Å². The van der Waals surface area contributed by atoms with Gasteiger partial charge < -0.3 is 20.1 Å². The van der Waals surface area contributed by atoms with Crippen LogP contribution in [-0.2, 0) is 10.2 Å².